The lowest BCUT2D eigenvalue weighted by atomic mass is 10.1. The molecule has 0 bridgehead atoms. The molecule has 1 aliphatic rings. The Kier molecular flexibility index (Phi) is 6.43. The maximum absolute atomic E-state index is 13.4. The Bertz CT molecular complexity index is 1170. The van der Waals surface area contributed by atoms with Gasteiger partial charge in [-0.25, -0.2) is 4.68 Å². The minimum absolute atomic E-state index is 0.0357. The molecule has 1 aliphatic heterocycles. The molecule has 10 heteroatoms. The van der Waals surface area contributed by atoms with Gasteiger partial charge in [-0.2, -0.15) is 0 Å². The Morgan fingerprint density at radius 2 is 1.82 bits per heavy atom. The van der Waals surface area contributed by atoms with Gasteiger partial charge in [0.25, 0.3) is 11.6 Å². The first-order valence-electron chi connectivity index (χ1n) is 10.8. The molecule has 0 N–H and O–H groups in total. The molecule has 0 aliphatic carbocycles. The first kappa shape index (κ1) is 22.1. The van der Waals surface area contributed by atoms with Crippen LogP contribution >= 0.6 is 0 Å². The number of hydrogen-bond donors (Lipinski definition) is 0. The van der Waals surface area contributed by atoms with Crippen molar-refractivity contribution in [1.29, 1.82) is 0 Å². The smallest absolute Gasteiger partial charge is 0.280 e. The standard InChI is InChI=1S/C23H24N6O4/c1-17-8-10-18(11-9-17)27(16-22(30)26-12-3-2-4-13-26)23(31)21-15-28(25-24-21)19-6-5-7-20(14-19)29(32)33/h5-11,14-15H,2-4,12-13,16H2,1H3. The van der Waals surface area contributed by atoms with E-state index in [-0.39, 0.29) is 23.8 Å². The topological polar surface area (TPSA) is 114 Å². The van der Waals surface area contributed by atoms with Crippen molar-refractivity contribution < 1.29 is 14.5 Å². The number of hydrogen-bond acceptors (Lipinski definition) is 6. The van der Waals surface area contributed by atoms with Crippen molar-refractivity contribution in [2.45, 2.75) is 26.2 Å². The van der Waals surface area contributed by atoms with Crippen molar-refractivity contribution >= 4 is 23.2 Å². The molecular formula is C23H24N6O4. The summed E-state index contributed by atoms with van der Waals surface area (Å²) in [6.45, 7) is 3.22. The molecule has 2 aromatic carbocycles. The minimum Gasteiger partial charge on any atom is -0.341 e. The van der Waals surface area contributed by atoms with Gasteiger partial charge in [0.05, 0.1) is 16.8 Å². The van der Waals surface area contributed by atoms with E-state index in [1.807, 2.05) is 19.1 Å². The summed E-state index contributed by atoms with van der Waals surface area (Å²) in [5.74, 6) is -0.587. The molecule has 1 saturated heterocycles. The second-order valence-electron chi connectivity index (χ2n) is 7.99. The van der Waals surface area contributed by atoms with Gasteiger partial charge in [-0.3, -0.25) is 24.6 Å². The van der Waals surface area contributed by atoms with Crippen LogP contribution in [0.2, 0.25) is 0 Å². The van der Waals surface area contributed by atoms with E-state index in [9.17, 15) is 19.7 Å². The maximum Gasteiger partial charge on any atom is 0.280 e. The van der Waals surface area contributed by atoms with Gasteiger partial charge >= 0.3 is 0 Å². The average Bonchev–Trinajstić information content (AvgIpc) is 3.34. The minimum atomic E-state index is -0.502. The zero-order chi connectivity index (χ0) is 23.4. The highest BCUT2D eigenvalue weighted by atomic mass is 16.6. The predicted octanol–water partition coefficient (Wildman–Crippen LogP) is 3.14. The Labute approximate surface area is 190 Å². The average molecular weight is 448 g/mol. The highest BCUT2D eigenvalue weighted by Crippen LogP contribution is 2.20. The fourth-order valence-corrected chi connectivity index (χ4v) is 3.76. The van der Waals surface area contributed by atoms with Crippen molar-refractivity contribution in [1.82, 2.24) is 19.9 Å². The van der Waals surface area contributed by atoms with Crippen molar-refractivity contribution in [3.05, 3.63) is 76.1 Å². The van der Waals surface area contributed by atoms with E-state index in [4.69, 9.17) is 0 Å². The molecule has 4 rings (SSSR count). The molecule has 0 saturated carbocycles. The third-order valence-electron chi connectivity index (χ3n) is 5.61. The number of piperidine rings is 1. The number of aryl methyl sites for hydroxylation is 1. The monoisotopic (exact) mass is 448 g/mol. The fraction of sp³-hybridized carbons (Fsp3) is 0.304. The molecule has 33 heavy (non-hydrogen) atoms. The summed E-state index contributed by atoms with van der Waals surface area (Å²) < 4.78 is 1.31. The molecular weight excluding hydrogens is 424 g/mol. The third-order valence-corrected chi connectivity index (χ3v) is 5.61. The molecule has 1 fully saturated rings. The van der Waals surface area contributed by atoms with Gasteiger partial charge in [0.15, 0.2) is 5.69 Å². The SMILES string of the molecule is Cc1ccc(N(CC(=O)N2CCCCC2)C(=O)c2cn(-c3cccc([N+](=O)[O-])c3)nn2)cc1. The van der Waals surface area contributed by atoms with Crippen molar-refractivity contribution in [2.24, 2.45) is 0 Å². The van der Waals surface area contributed by atoms with Gasteiger partial charge in [0, 0.05) is 30.9 Å². The molecule has 0 spiro atoms. The third kappa shape index (κ3) is 5.05. The first-order valence-corrected chi connectivity index (χ1v) is 10.8. The zero-order valence-corrected chi connectivity index (χ0v) is 18.3. The van der Waals surface area contributed by atoms with E-state index in [1.165, 1.54) is 34.0 Å². The number of nitro groups is 1. The summed E-state index contributed by atoms with van der Waals surface area (Å²) in [7, 11) is 0. The van der Waals surface area contributed by atoms with E-state index in [0.717, 1.165) is 24.8 Å². The van der Waals surface area contributed by atoms with E-state index in [0.29, 0.717) is 24.5 Å². The lowest BCUT2D eigenvalue weighted by Crippen LogP contribution is -2.45. The molecule has 1 aromatic heterocycles. The van der Waals surface area contributed by atoms with E-state index in [1.54, 1.807) is 23.1 Å². The number of carbonyl (C=O) groups excluding carboxylic acids is 2. The second-order valence-corrected chi connectivity index (χ2v) is 7.99. The summed E-state index contributed by atoms with van der Waals surface area (Å²) in [6, 6.07) is 13.2. The van der Waals surface area contributed by atoms with Crippen LogP contribution in [0.25, 0.3) is 5.69 Å². The molecule has 0 atom stereocenters. The van der Waals surface area contributed by atoms with Crippen molar-refractivity contribution in [2.75, 3.05) is 24.5 Å². The highest BCUT2D eigenvalue weighted by molar-refractivity contribution is 6.07. The number of nitrogens with zero attached hydrogens (tertiary/aromatic N) is 6. The molecule has 3 aromatic rings. The number of carbonyl (C=O) groups is 2. The number of anilines is 1. The number of nitro benzene ring substituents is 1. The van der Waals surface area contributed by atoms with Gasteiger partial charge < -0.3 is 4.90 Å². The Morgan fingerprint density at radius 3 is 2.52 bits per heavy atom. The van der Waals surface area contributed by atoms with Crippen LogP contribution in [0.5, 0.6) is 0 Å². The Balaban J connectivity index is 1.61. The fourth-order valence-electron chi connectivity index (χ4n) is 3.76. The maximum atomic E-state index is 13.4. The van der Waals surface area contributed by atoms with Crippen LogP contribution in [0, 0.1) is 17.0 Å². The van der Waals surface area contributed by atoms with E-state index < -0.39 is 10.8 Å². The van der Waals surface area contributed by atoms with Crippen LogP contribution in [-0.2, 0) is 4.79 Å². The highest BCUT2D eigenvalue weighted by Gasteiger charge is 2.26. The van der Waals surface area contributed by atoms with Crippen LogP contribution in [0.3, 0.4) is 0 Å². The summed E-state index contributed by atoms with van der Waals surface area (Å²) >= 11 is 0. The van der Waals surface area contributed by atoms with E-state index in [2.05, 4.69) is 10.3 Å². The molecule has 10 nitrogen and oxygen atoms in total. The van der Waals surface area contributed by atoms with Crippen LogP contribution in [-0.4, -0.2) is 56.3 Å². The summed E-state index contributed by atoms with van der Waals surface area (Å²) in [6.07, 6.45) is 4.43. The second kappa shape index (κ2) is 9.60. The lowest BCUT2D eigenvalue weighted by molar-refractivity contribution is -0.384. The molecule has 2 amide bonds. The van der Waals surface area contributed by atoms with Crippen LogP contribution in [0.15, 0.2) is 54.7 Å². The van der Waals surface area contributed by atoms with Gasteiger partial charge in [-0.15, -0.1) is 5.10 Å². The number of amides is 2. The molecule has 0 radical (unpaired) electrons. The number of benzene rings is 2. The number of aromatic nitrogens is 3. The summed E-state index contributed by atoms with van der Waals surface area (Å²) in [4.78, 5) is 40.1. The predicted molar refractivity (Wildman–Crippen MR) is 121 cm³/mol. The molecule has 2 heterocycles. The van der Waals surface area contributed by atoms with Gasteiger partial charge in [-0.1, -0.05) is 29.0 Å². The molecule has 170 valence electrons. The van der Waals surface area contributed by atoms with Crippen molar-refractivity contribution in [3.63, 3.8) is 0 Å². The summed E-state index contributed by atoms with van der Waals surface area (Å²) in [5.41, 5.74) is 1.96. The lowest BCUT2D eigenvalue weighted by Gasteiger charge is -2.30. The van der Waals surface area contributed by atoms with Gasteiger partial charge in [0.1, 0.15) is 6.54 Å². The largest absolute Gasteiger partial charge is 0.341 e. The van der Waals surface area contributed by atoms with Crippen LogP contribution in [0.1, 0.15) is 35.3 Å². The number of non-ortho nitro benzene ring substituents is 1. The normalized spacial score (nSPS) is 13.5. The number of likely N-dealkylation sites (tertiary alicyclic amines) is 1. The van der Waals surface area contributed by atoms with Crippen molar-refractivity contribution in [3.8, 4) is 5.69 Å². The van der Waals surface area contributed by atoms with E-state index >= 15 is 0 Å². The van der Waals surface area contributed by atoms with Gasteiger partial charge in [-0.05, 0) is 44.4 Å². The summed E-state index contributed by atoms with van der Waals surface area (Å²) in [5, 5.41) is 19.0. The quantitative estimate of drug-likeness (QED) is 0.423. The number of rotatable bonds is 6. The van der Waals surface area contributed by atoms with Crippen LogP contribution < -0.4 is 4.90 Å². The Hall–Kier alpha value is -4.08. The van der Waals surface area contributed by atoms with Crippen LogP contribution in [0.4, 0.5) is 11.4 Å². The zero-order valence-electron chi connectivity index (χ0n) is 18.3. The molecule has 0 unspecified atom stereocenters. The van der Waals surface area contributed by atoms with Gasteiger partial charge in [0.2, 0.25) is 5.91 Å². The Morgan fingerprint density at radius 1 is 1.09 bits per heavy atom. The first-order chi connectivity index (χ1) is 15.9.